The van der Waals surface area contributed by atoms with Crippen LogP contribution in [0.2, 0.25) is 0 Å². The number of hydrogen-bond acceptors (Lipinski definition) is 8. The summed E-state index contributed by atoms with van der Waals surface area (Å²) in [6.07, 6.45) is 2.01. The van der Waals surface area contributed by atoms with Crippen molar-refractivity contribution in [3.05, 3.63) is 63.7 Å². The third kappa shape index (κ3) is 5.91. The fourth-order valence-electron chi connectivity index (χ4n) is 3.28. The molecule has 3 aromatic rings. The van der Waals surface area contributed by atoms with Crippen LogP contribution in [0.5, 0.6) is 11.6 Å². The van der Waals surface area contributed by atoms with E-state index in [0.29, 0.717) is 17.7 Å². The van der Waals surface area contributed by atoms with Gasteiger partial charge in [-0.05, 0) is 52.3 Å². The molecule has 2 N–H and O–H groups in total. The first kappa shape index (κ1) is 26.9. The molecule has 0 saturated carbocycles. The maximum absolute atomic E-state index is 13.1. The average Bonchev–Trinajstić information content (AvgIpc) is 3.45. The molecular formula is C23H29N5O7S. The van der Waals surface area contributed by atoms with Crippen molar-refractivity contribution in [1.82, 2.24) is 19.8 Å². The standard InChI is InChI=1S/C23H29N5O7S/c1-6-15(4)26-36(32,33)20-12-17(28(30)31)9-10-19(20)35-23-16(5)21(25-27(23)14(2)3)22(29)24-13-18-8-7-11-34-18/h7-12,14-15,26H,6,13H2,1-5H3,(H,24,29)/t15-/m0/s1. The molecule has 0 aliphatic rings. The van der Waals surface area contributed by atoms with Crippen LogP contribution in [0.15, 0.2) is 45.9 Å². The van der Waals surface area contributed by atoms with Crippen LogP contribution < -0.4 is 14.8 Å². The van der Waals surface area contributed by atoms with Gasteiger partial charge in [0.05, 0.1) is 23.8 Å². The monoisotopic (exact) mass is 519 g/mol. The summed E-state index contributed by atoms with van der Waals surface area (Å²) in [6.45, 7) is 8.91. The van der Waals surface area contributed by atoms with Crippen LogP contribution in [0.1, 0.15) is 62.0 Å². The number of carbonyl (C=O) groups excluding carboxylic acids is 1. The van der Waals surface area contributed by atoms with E-state index in [1.165, 1.54) is 17.0 Å². The number of nitro groups is 1. The van der Waals surface area contributed by atoms with E-state index >= 15 is 0 Å². The van der Waals surface area contributed by atoms with E-state index in [1.54, 1.807) is 32.9 Å². The number of furan rings is 1. The van der Waals surface area contributed by atoms with Gasteiger partial charge in [-0.25, -0.2) is 17.8 Å². The van der Waals surface area contributed by atoms with Gasteiger partial charge in [0, 0.05) is 23.7 Å². The minimum atomic E-state index is -4.17. The number of nitro benzene ring substituents is 1. The number of amides is 1. The van der Waals surface area contributed by atoms with Crippen LogP contribution in [-0.4, -0.2) is 35.1 Å². The van der Waals surface area contributed by atoms with Gasteiger partial charge in [-0.3, -0.25) is 14.9 Å². The first-order valence-corrected chi connectivity index (χ1v) is 12.8. The largest absolute Gasteiger partial charge is 0.467 e. The van der Waals surface area contributed by atoms with Gasteiger partial charge >= 0.3 is 0 Å². The van der Waals surface area contributed by atoms with Gasteiger partial charge in [-0.1, -0.05) is 6.92 Å². The van der Waals surface area contributed by atoms with Crippen molar-refractivity contribution < 1.29 is 27.3 Å². The molecule has 1 aromatic carbocycles. The summed E-state index contributed by atoms with van der Waals surface area (Å²) in [5, 5.41) is 18.4. The maximum atomic E-state index is 13.1. The van der Waals surface area contributed by atoms with E-state index in [-0.39, 0.29) is 29.9 Å². The van der Waals surface area contributed by atoms with Crippen molar-refractivity contribution in [2.45, 2.75) is 64.6 Å². The Labute approximate surface area is 208 Å². The molecule has 0 aliphatic heterocycles. The highest BCUT2D eigenvalue weighted by Crippen LogP contribution is 2.35. The Bertz CT molecular complexity index is 1350. The molecule has 2 heterocycles. The summed E-state index contributed by atoms with van der Waals surface area (Å²) in [5.41, 5.74) is 0.0606. The summed E-state index contributed by atoms with van der Waals surface area (Å²) in [7, 11) is -4.17. The van der Waals surface area contributed by atoms with Crippen LogP contribution >= 0.6 is 0 Å². The lowest BCUT2D eigenvalue weighted by molar-refractivity contribution is -0.385. The van der Waals surface area contributed by atoms with E-state index in [2.05, 4.69) is 15.1 Å². The molecule has 0 aliphatic carbocycles. The summed E-state index contributed by atoms with van der Waals surface area (Å²) >= 11 is 0. The lowest BCUT2D eigenvalue weighted by Crippen LogP contribution is -2.32. The highest BCUT2D eigenvalue weighted by atomic mass is 32.2. The van der Waals surface area contributed by atoms with Crippen molar-refractivity contribution in [3.63, 3.8) is 0 Å². The zero-order valence-electron chi connectivity index (χ0n) is 20.6. The van der Waals surface area contributed by atoms with Gasteiger partial charge in [-0.2, -0.15) is 5.10 Å². The number of nitrogens with zero attached hydrogens (tertiary/aromatic N) is 3. The average molecular weight is 520 g/mol. The SMILES string of the molecule is CC[C@H](C)NS(=O)(=O)c1cc([N+](=O)[O-])ccc1Oc1c(C)c(C(=O)NCc2ccco2)nn1C(C)C. The third-order valence-corrected chi connectivity index (χ3v) is 7.01. The lowest BCUT2D eigenvalue weighted by Gasteiger charge is -2.17. The Kier molecular flexibility index (Phi) is 8.15. The summed E-state index contributed by atoms with van der Waals surface area (Å²) in [4.78, 5) is 23.1. The van der Waals surface area contributed by atoms with E-state index in [1.807, 2.05) is 13.8 Å². The smallest absolute Gasteiger partial charge is 0.272 e. The molecule has 194 valence electrons. The predicted molar refractivity (Wildman–Crippen MR) is 130 cm³/mol. The first-order valence-electron chi connectivity index (χ1n) is 11.3. The number of sulfonamides is 1. The Morgan fingerprint density at radius 1 is 1.28 bits per heavy atom. The topological polar surface area (TPSA) is 159 Å². The normalized spacial score (nSPS) is 12.5. The van der Waals surface area contributed by atoms with Crippen molar-refractivity contribution in [2.24, 2.45) is 0 Å². The van der Waals surface area contributed by atoms with E-state index in [4.69, 9.17) is 9.15 Å². The molecule has 36 heavy (non-hydrogen) atoms. The van der Waals surface area contributed by atoms with Crippen molar-refractivity contribution >= 4 is 21.6 Å². The maximum Gasteiger partial charge on any atom is 0.272 e. The molecule has 0 spiro atoms. The Morgan fingerprint density at radius 3 is 2.58 bits per heavy atom. The summed E-state index contributed by atoms with van der Waals surface area (Å²) in [5.74, 6) is 0.101. The molecule has 12 nitrogen and oxygen atoms in total. The van der Waals surface area contributed by atoms with Gasteiger partial charge < -0.3 is 14.5 Å². The molecule has 3 rings (SSSR count). The fourth-order valence-corrected chi connectivity index (χ4v) is 4.75. The molecule has 1 amide bonds. The van der Waals surface area contributed by atoms with Crippen LogP contribution in [0.3, 0.4) is 0 Å². The highest BCUT2D eigenvalue weighted by Gasteiger charge is 2.28. The van der Waals surface area contributed by atoms with Crippen molar-refractivity contribution in [3.8, 4) is 11.6 Å². The number of benzene rings is 1. The zero-order valence-corrected chi connectivity index (χ0v) is 21.5. The third-order valence-electron chi connectivity index (χ3n) is 5.40. The number of non-ortho nitro benzene ring substituents is 1. The number of nitrogens with one attached hydrogen (secondary N) is 2. The number of ether oxygens (including phenoxy) is 1. The minimum Gasteiger partial charge on any atom is -0.467 e. The molecule has 1 atom stereocenters. The second-order valence-electron chi connectivity index (χ2n) is 8.50. The summed E-state index contributed by atoms with van der Waals surface area (Å²) < 4.78 is 41.4. The van der Waals surface area contributed by atoms with Crippen LogP contribution in [0.25, 0.3) is 0 Å². The quantitative estimate of drug-likeness (QED) is 0.283. The van der Waals surface area contributed by atoms with Gasteiger partial charge in [0.1, 0.15) is 16.4 Å². The van der Waals surface area contributed by atoms with Gasteiger partial charge in [0.25, 0.3) is 11.6 Å². The van der Waals surface area contributed by atoms with Crippen molar-refractivity contribution in [1.29, 1.82) is 0 Å². The molecule has 13 heteroatoms. The summed E-state index contributed by atoms with van der Waals surface area (Å²) in [6, 6.07) is 6.09. The molecule has 0 fully saturated rings. The Hall–Kier alpha value is -3.71. The number of aromatic nitrogens is 2. The number of carbonyl (C=O) groups is 1. The van der Waals surface area contributed by atoms with E-state index in [9.17, 15) is 23.3 Å². The Morgan fingerprint density at radius 2 is 2.00 bits per heavy atom. The fraction of sp³-hybridized carbons (Fsp3) is 0.391. The molecule has 0 saturated heterocycles. The lowest BCUT2D eigenvalue weighted by atomic mass is 10.2. The van der Waals surface area contributed by atoms with Gasteiger partial charge in [-0.15, -0.1) is 0 Å². The Balaban J connectivity index is 2.02. The molecular weight excluding hydrogens is 490 g/mol. The van der Waals surface area contributed by atoms with Crippen molar-refractivity contribution in [2.75, 3.05) is 0 Å². The van der Waals surface area contributed by atoms with Crippen LogP contribution in [0.4, 0.5) is 5.69 Å². The van der Waals surface area contributed by atoms with E-state index in [0.717, 1.165) is 12.1 Å². The molecule has 0 radical (unpaired) electrons. The number of hydrogen-bond donors (Lipinski definition) is 2. The van der Waals surface area contributed by atoms with Crippen LogP contribution in [-0.2, 0) is 16.6 Å². The molecule has 2 aromatic heterocycles. The molecule has 0 unspecified atom stereocenters. The molecule has 0 bridgehead atoms. The predicted octanol–water partition coefficient (Wildman–Crippen LogP) is 4.07. The number of rotatable bonds is 11. The minimum absolute atomic E-state index is 0.0919. The second kappa shape index (κ2) is 10.9. The van der Waals surface area contributed by atoms with Gasteiger partial charge in [0.2, 0.25) is 15.9 Å². The second-order valence-corrected chi connectivity index (χ2v) is 10.2. The highest BCUT2D eigenvalue weighted by molar-refractivity contribution is 7.89. The van der Waals surface area contributed by atoms with Crippen LogP contribution in [0, 0.1) is 17.0 Å². The van der Waals surface area contributed by atoms with E-state index < -0.39 is 37.5 Å². The van der Waals surface area contributed by atoms with Gasteiger partial charge in [0.15, 0.2) is 5.69 Å². The zero-order chi connectivity index (χ0) is 26.6. The first-order chi connectivity index (χ1) is 16.9.